The van der Waals surface area contributed by atoms with Gasteiger partial charge < -0.3 is 14.2 Å². The molecule has 2 aliphatic heterocycles. The normalized spacial score (nSPS) is 18.1. The lowest BCUT2D eigenvalue weighted by molar-refractivity contribution is 0.122. The maximum atomic E-state index is 9.67. The van der Waals surface area contributed by atoms with Crippen molar-refractivity contribution in [3.8, 4) is 6.07 Å². The van der Waals surface area contributed by atoms with E-state index < -0.39 is 0 Å². The van der Waals surface area contributed by atoms with Crippen molar-refractivity contribution < 1.29 is 4.74 Å². The van der Waals surface area contributed by atoms with Gasteiger partial charge in [0.1, 0.15) is 11.9 Å². The number of nitriles is 1. The summed E-state index contributed by atoms with van der Waals surface area (Å²) in [6.07, 6.45) is 6.32. The Hall–Kier alpha value is -2.65. The average Bonchev–Trinajstić information content (AvgIpc) is 2.95. The molecule has 2 aromatic rings. The molecule has 0 aliphatic carbocycles. The number of hydrogen-bond donors (Lipinski definition) is 0. The van der Waals surface area contributed by atoms with E-state index in [0.717, 1.165) is 63.5 Å². The van der Waals surface area contributed by atoms with E-state index in [1.165, 1.54) is 12.1 Å². The fourth-order valence-electron chi connectivity index (χ4n) is 3.60. The van der Waals surface area contributed by atoms with Gasteiger partial charge in [-0.3, -0.25) is 0 Å². The molecule has 3 heterocycles. The van der Waals surface area contributed by atoms with E-state index in [0.29, 0.717) is 11.4 Å². The van der Waals surface area contributed by atoms with Gasteiger partial charge in [-0.1, -0.05) is 18.6 Å². The van der Waals surface area contributed by atoms with Gasteiger partial charge >= 0.3 is 0 Å². The van der Waals surface area contributed by atoms with E-state index >= 15 is 0 Å². The molecule has 0 unspecified atom stereocenters. The molecule has 6 nitrogen and oxygen atoms in total. The molecular weight excluding hydrogens is 326 g/mol. The SMILES string of the molecule is N#C/C(=C\c1ccc(N2CCOCC2)cc1)c1nnc2n1CCCCC2. The number of ether oxygens (including phenoxy) is 1. The van der Waals surface area contributed by atoms with Gasteiger partial charge in [-0.15, -0.1) is 10.2 Å². The molecule has 0 radical (unpaired) electrons. The second-order valence-corrected chi connectivity index (χ2v) is 6.76. The van der Waals surface area contributed by atoms with E-state index in [1.54, 1.807) is 0 Å². The van der Waals surface area contributed by atoms with Crippen LogP contribution in [0.3, 0.4) is 0 Å². The second-order valence-electron chi connectivity index (χ2n) is 6.76. The molecule has 1 aromatic carbocycles. The lowest BCUT2D eigenvalue weighted by Gasteiger charge is -2.28. The highest BCUT2D eigenvalue weighted by atomic mass is 16.5. The number of nitrogens with zero attached hydrogens (tertiary/aromatic N) is 5. The van der Waals surface area contributed by atoms with Crippen molar-refractivity contribution in [2.75, 3.05) is 31.2 Å². The predicted octanol–water partition coefficient (Wildman–Crippen LogP) is 2.91. The predicted molar refractivity (Wildman–Crippen MR) is 101 cm³/mol. The summed E-state index contributed by atoms with van der Waals surface area (Å²) in [5.41, 5.74) is 2.77. The van der Waals surface area contributed by atoms with Gasteiger partial charge in [0, 0.05) is 31.7 Å². The van der Waals surface area contributed by atoms with E-state index in [1.807, 2.05) is 6.08 Å². The minimum absolute atomic E-state index is 0.574. The number of anilines is 1. The van der Waals surface area contributed by atoms with Crippen LogP contribution in [0, 0.1) is 11.3 Å². The third-order valence-corrected chi connectivity index (χ3v) is 5.05. The van der Waals surface area contributed by atoms with Crippen LogP contribution in [-0.4, -0.2) is 41.1 Å². The van der Waals surface area contributed by atoms with Crippen LogP contribution in [0.5, 0.6) is 0 Å². The molecule has 0 spiro atoms. The van der Waals surface area contributed by atoms with Crippen molar-refractivity contribution in [1.29, 1.82) is 5.26 Å². The first-order valence-electron chi connectivity index (χ1n) is 9.32. The Morgan fingerprint density at radius 1 is 1.04 bits per heavy atom. The fourth-order valence-corrected chi connectivity index (χ4v) is 3.60. The largest absolute Gasteiger partial charge is 0.378 e. The average molecular weight is 349 g/mol. The van der Waals surface area contributed by atoms with E-state index in [-0.39, 0.29) is 0 Å². The van der Waals surface area contributed by atoms with Crippen LogP contribution in [0.1, 0.15) is 36.5 Å². The third kappa shape index (κ3) is 3.49. The molecule has 1 saturated heterocycles. The van der Waals surface area contributed by atoms with E-state index in [4.69, 9.17) is 4.74 Å². The van der Waals surface area contributed by atoms with Crippen molar-refractivity contribution in [2.24, 2.45) is 0 Å². The van der Waals surface area contributed by atoms with Gasteiger partial charge in [0.25, 0.3) is 0 Å². The molecular formula is C20H23N5O. The summed E-state index contributed by atoms with van der Waals surface area (Å²) in [6, 6.07) is 10.6. The molecule has 134 valence electrons. The number of benzene rings is 1. The van der Waals surface area contributed by atoms with E-state index in [9.17, 15) is 5.26 Å². The smallest absolute Gasteiger partial charge is 0.174 e. The molecule has 0 atom stereocenters. The van der Waals surface area contributed by atoms with Crippen LogP contribution >= 0.6 is 0 Å². The van der Waals surface area contributed by atoms with Crippen molar-refractivity contribution in [2.45, 2.75) is 32.2 Å². The summed E-state index contributed by atoms with van der Waals surface area (Å²) in [7, 11) is 0. The second kappa shape index (κ2) is 7.71. The summed E-state index contributed by atoms with van der Waals surface area (Å²) in [5, 5.41) is 18.3. The number of rotatable bonds is 3. The monoisotopic (exact) mass is 349 g/mol. The molecule has 2 aliphatic rings. The quantitative estimate of drug-likeness (QED) is 0.797. The van der Waals surface area contributed by atoms with Gasteiger partial charge in [-0.2, -0.15) is 5.26 Å². The zero-order valence-corrected chi connectivity index (χ0v) is 14.9. The number of fused-ring (bicyclic) bond motifs is 1. The summed E-state index contributed by atoms with van der Waals surface area (Å²) < 4.78 is 7.52. The molecule has 26 heavy (non-hydrogen) atoms. The van der Waals surface area contributed by atoms with Crippen LogP contribution in [0.25, 0.3) is 11.6 Å². The van der Waals surface area contributed by atoms with Gasteiger partial charge in [0.05, 0.1) is 18.8 Å². The van der Waals surface area contributed by atoms with Crippen LogP contribution in [0.15, 0.2) is 24.3 Å². The standard InChI is InChI=1S/C20H23N5O/c21-15-17(20-23-22-19-4-2-1-3-9-25(19)20)14-16-5-7-18(8-6-16)24-10-12-26-13-11-24/h5-8,14H,1-4,9-13H2/b17-14+. The topological polar surface area (TPSA) is 67.0 Å². The van der Waals surface area contributed by atoms with Crippen molar-refractivity contribution >= 4 is 17.3 Å². The highest BCUT2D eigenvalue weighted by molar-refractivity contribution is 5.87. The van der Waals surface area contributed by atoms with Crippen LogP contribution < -0.4 is 4.90 Å². The Bertz CT molecular complexity index is 825. The van der Waals surface area contributed by atoms with E-state index in [2.05, 4.69) is 50.0 Å². The number of allylic oxidation sites excluding steroid dienone is 1. The summed E-state index contributed by atoms with van der Waals surface area (Å²) in [6.45, 7) is 4.29. The molecule has 0 saturated carbocycles. The Labute approximate surface area is 153 Å². The zero-order chi connectivity index (χ0) is 17.8. The first-order valence-corrected chi connectivity index (χ1v) is 9.32. The van der Waals surface area contributed by atoms with Crippen LogP contribution in [0.4, 0.5) is 5.69 Å². The number of aromatic nitrogens is 3. The molecule has 0 amide bonds. The summed E-state index contributed by atoms with van der Waals surface area (Å²) in [4.78, 5) is 2.32. The third-order valence-electron chi connectivity index (χ3n) is 5.05. The van der Waals surface area contributed by atoms with Crippen LogP contribution in [-0.2, 0) is 17.7 Å². The molecule has 4 rings (SSSR count). The molecule has 1 aromatic heterocycles. The Kier molecular flexibility index (Phi) is 4.98. The Balaban J connectivity index is 1.58. The van der Waals surface area contributed by atoms with Crippen molar-refractivity contribution in [1.82, 2.24) is 14.8 Å². The zero-order valence-electron chi connectivity index (χ0n) is 14.9. The van der Waals surface area contributed by atoms with Crippen molar-refractivity contribution in [3.63, 3.8) is 0 Å². The maximum absolute atomic E-state index is 9.67. The highest BCUT2D eigenvalue weighted by Crippen LogP contribution is 2.23. The van der Waals surface area contributed by atoms with Gasteiger partial charge in [0.2, 0.25) is 0 Å². The minimum Gasteiger partial charge on any atom is -0.378 e. The summed E-state index contributed by atoms with van der Waals surface area (Å²) >= 11 is 0. The first-order chi connectivity index (χ1) is 12.8. The van der Waals surface area contributed by atoms with Gasteiger partial charge in [-0.05, 0) is 36.6 Å². The Morgan fingerprint density at radius 3 is 2.62 bits per heavy atom. The minimum atomic E-state index is 0.574. The lowest BCUT2D eigenvalue weighted by Crippen LogP contribution is -2.36. The maximum Gasteiger partial charge on any atom is 0.174 e. The number of hydrogen-bond acceptors (Lipinski definition) is 5. The Morgan fingerprint density at radius 2 is 1.85 bits per heavy atom. The first kappa shape index (κ1) is 16.8. The lowest BCUT2D eigenvalue weighted by atomic mass is 10.1. The number of aryl methyl sites for hydroxylation is 1. The van der Waals surface area contributed by atoms with Gasteiger partial charge in [-0.25, -0.2) is 0 Å². The number of morpholine rings is 1. The molecule has 0 N–H and O–H groups in total. The van der Waals surface area contributed by atoms with Crippen LogP contribution in [0.2, 0.25) is 0 Å². The molecule has 6 heteroatoms. The fraction of sp³-hybridized carbons (Fsp3) is 0.450. The highest BCUT2D eigenvalue weighted by Gasteiger charge is 2.17. The summed E-state index contributed by atoms with van der Waals surface area (Å²) in [5.74, 6) is 1.70. The van der Waals surface area contributed by atoms with Crippen molar-refractivity contribution in [3.05, 3.63) is 41.5 Å². The molecule has 1 fully saturated rings. The molecule has 0 bridgehead atoms. The van der Waals surface area contributed by atoms with Gasteiger partial charge in [0.15, 0.2) is 5.82 Å².